The van der Waals surface area contributed by atoms with Gasteiger partial charge in [0.1, 0.15) is 5.60 Å². The van der Waals surface area contributed by atoms with Gasteiger partial charge in [0, 0.05) is 17.4 Å². The summed E-state index contributed by atoms with van der Waals surface area (Å²) in [6.45, 7) is 5.17. The molecular formula is C19H23F2N3O4S. The van der Waals surface area contributed by atoms with Crippen LogP contribution in [0.2, 0.25) is 0 Å². The third kappa shape index (κ3) is 4.52. The molecule has 158 valence electrons. The Bertz CT molecular complexity index is 872. The van der Waals surface area contributed by atoms with Gasteiger partial charge in [0.05, 0.1) is 16.5 Å². The maximum atomic E-state index is 14.8. The number of nitro groups is 1. The summed E-state index contributed by atoms with van der Waals surface area (Å²) in [5.74, 6) is -2.00. The van der Waals surface area contributed by atoms with Crippen LogP contribution in [0, 0.1) is 27.7 Å². The van der Waals surface area contributed by atoms with Gasteiger partial charge in [0.2, 0.25) is 0 Å². The van der Waals surface area contributed by atoms with E-state index in [1.54, 1.807) is 20.8 Å². The van der Waals surface area contributed by atoms with E-state index in [0.717, 1.165) is 18.9 Å². The zero-order chi connectivity index (χ0) is 21.4. The van der Waals surface area contributed by atoms with Crippen molar-refractivity contribution in [3.8, 4) is 0 Å². The monoisotopic (exact) mass is 427 g/mol. The van der Waals surface area contributed by atoms with E-state index < -0.39 is 39.5 Å². The number of nitro benzene ring substituents is 1. The number of carbonyl (C=O) groups excluding carboxylic acids is 1. The molecule has 1 N–H and O–H groups in total. The third-order valence-electron chi connectivity index (χ3n) is 5.06. The number of halogens is 2. The molecule has 1 saturated carbocycles. The van der Waals surface area contributed by atoms with Crippen LogP contribution in [0.5, 0.6) is 0 Å². The van der Waals surface area contributed by atoms with Crippen LogP contribution in [0.3, 0.4) is 0 Å². The number of amidine groups is 1. The second-order valence-electron chi connectivity index (χ2n) is 8.27. The number of carbonyl (C=O) groups is 1. The van der Waals surface area contributed by atoms with Crippen LogP contribution >= 0.6 is 11.8 Å². The summed E-state index contributed by atoms with van der Waals surface area (Å²) in [6, 6.07) is 1.65. The quantitative estimate of drug-likeness (QED) is 0.536. The predicted octanol–water partition coefficient (Wildman–Crippen LogP) is 4.89. The molecule has 1 heterocycles. The molecule has 0 unspecified atom stereocenters. The standard InChI is InChI=1S/C19H23F2N3O4S/c1-18(2,3)28-17(25)22-16-23-19(7-5-4-6-11(19)10-29-16)13-8-12(24(26)27)9-14(20)15(13)21/h8-9,11H,4-7,10H2,1-3H3,(H,22,23,25)/t11-,19-/m0/s1. The smallest absolute Gasteiger partial charge is 0.413 e. The molecule has 2 aliphatic rings. The summed E-state index contributed by atoms with van der Waals surface area (Å²) in [7, 11) is 0. The van der Waals surface area contributed by atoms with E-state index in [2.05, 4.69) is 10.3 Å². The molecule has 1 aromatic carbocycles. The number of non-ortho nitro benzene ring substituents is 1. The zero-order valence-electron chi connectivity index (χ0n) is 16.5. The van der Waals surface area contributed by atoms with Crippen molar-refractivity contribution in [3.63, 3.8) is 0 Å². The molecule has 1 aromatic rings. The number of nitrogens with zero attached hydrogens (tertiary/aromatic N) is 2. The first kappa shape index (κ1) is 21.5. The number of hydrogen-bond acceptors (Lipinski definition) is 6. The molecule has 10 heteroatoms. The molecule has 1 aliphatic heterocycles. The molecule has 1 amide bonds. The van der Waals surface area contributed by atoms with E-state index in [9.17, 15) is 23.7 Å². The van der Waals surface area contributed by atoms with Gasteiger partial charge in [-0.05, 0) is 39.5 Å². The molecule has 29 heavy (non-hydrogen) atoms. The average Bonchev–Trinajstić information content (AvgIpc) is 2.61. The third-order valence-corrected chi connectivity index (χ3v) is 6.09. The second-order valence-corrected chi connectivity index (χ2v) is 9.28. The topological polar surface area (TPSA) is 93.8 Å². The van der Waals surface area contributed by atoms with E-state index in [-0.39, 0.29) is 16.6 Å². The molecule has 7 nitrogen and oxygen atoms in total. The molecular weight excluding hydrogens is 404 g/mol. The lowest BCUT2D eigenvalue weighted by molar-refractivity contribution is -0.385. The number of fused-ring (bicyclic) bond motifs is 1. The van der Waals surface area contributed by atoms with Gasteiger partial charge in [-0.25, -0.2) is 13.6 Å². The molecule has 0 bridgehead atoms. The van der Waals surface area contributed by atoms with Crippen molar-refractivity contribution < 1.29 is 23.2 Å². The highest BCUT2D eigenvalue weighted by atomic mass is 32.2. The molecule has 0 radical (unpaired) electrons. The van der Waals surface area contributed by atoms with Gasteiger partial charge < -0.3 is 4.74 Å². The summed E-state index contributed by atoms with van der Waals surface area (Å²) in [4.78, 5) is 27.2. The van der Waals surface area contributed by atoms with Gasteiger partial charge >= 0.3 is 6.09 Å². The van der Waals surface area contributed by atoms with Crippen LogP contribution in [0.15, 0.2) is 17.1 Å². The summed E-state index contributed by atoms with van der Waals surface area (Å²) < 4.78 is 34.2. The van der Waals surface area contributed by atoms with E-state index in [1.807, 2.05) is 0 Å². The lowest BCUT2D eigenvalue weighted by atomic mass is 9.69. The zero-order valence-corrected chi connectivity index (χ0v) is 17.3. The van der Waals surface area contributed by atoms with Crippen molar-refractivity contribution in [2.24, 2.45) is 10.9 Å². The average molecular weight is 427 g/mol. The Morgan fingerprint density at radius 3 is 2.76 bits per heavy atom. The molecule has 0 aromatic heterocycles. The highest BCUT2D eigenvalue weighted by Gasteiger charge is 2.48. The first-order chi connectivity index (χ1) is 13.5. The van der Waals surface area contributed by atoms with Gasteiger partial charge in [0.15, 0.2) is 16.8 Å². The summed E-state index contributed by atoms with van der Waals surface area (Å²) in [5.41, 5.74) is -2.51. The number of ether oxygens (including phenoxy) is 1. The van der Waals surface area contributed by atoms with Crippen molar-refractivity contribution in [2.45, 2.75) is 57.6 Å². The van der Waals surface area contributed by atoms with Crippen LogP contribution in [0.4, 0.5) is 19.3 Å². The van der Waals surface area contributed by atoms with Crippen LogP contribution < -0.4 is 5.32 Å². The number of rotatable bonds is 2. The fourth-order valence-corrected chi connectivity index (χ4v) is 5.04. The molecule has 2 atom stereocenters. The summed E-state index contributed by atoms with van der Waals surface area (Å²) in [5, 5.41) is 14.0. The lowest BCUT2D eigenvalue weighted by Gasteiger charge is -2.44. The minimum Gasteiger partial charge on any atom is -0.444 e. The van der Waals surface area contributed by atoms with Crippen LogP contribution in [0.25, 0.3) is 0 Å². The Morgan fingerprint density at radius 2 is 2.10 bits per heavy atom. The Kier molecular flexibility index (Phi) is 5.84. The number of alkyl carbamates (subject to hydrolysis) is 1. The maximum absolute atomic E-state index is 14.8. The Labute approximate surface area is 171 Å². The van der Waals surface area contributed by atoms with Crippen molar-refractivity contribution in [1.29, 1.82) is 0 Å². The van der Waals surface area contributed by atoms with Crippen molar-refractivity contribution in [2.75, 3.05) is 5.75 Å². The number of hydrogen-bond donors (Lipinski definition) is 1. The largest absolute Gasteiger partial charge is 0.444 e. The first-order valence-corrected chi connectivity index (χ1v) is 10.4. The molecule has 3 rings (SSSR count). The van der Waals surface area contributed by atoms with Crippen molar-refractivity contribution >= 4 is 28.7 Å². The summed E-state index contributed by atoms with van der Waals surface area (Å²) in [6.07, 6.45) is 2.08. The number of benzene rings is 1. The van der Waals surface area contributed by atoms with E-state index in [1.165, 1.54) is 11.8 Å². The number of nitrogens with one attached hydrogen (secondary N) is 1. The van der Waals surface area contributed by atoms with E-state index in [4.69, 9.17) is 4.74 Å². The van der Waals surface area contributed by atoms with Gasteiger partial charge in [0.25, 0.3) is 5.69 Å². The van der Waals surface area contributed by atoms with Crippen LogP contribution in [0.1, 0.15) is 52.0 Å². The number of aliphatic imine (C=N–C) groups is 1. The molecule has 0 saturated heterocycles. The van der Waals surface area contributed by atoms with E-state index in [0.29, 0.717) is 24.7 Å². The number of thioether (sulfide) groups is 1. The molecule has 1 fully saturated rings. The minimum atomic E-state index is -1.28. The van der Waals surface area contributed by atoms with Gasteiger partial charge in [-0.3, -0.25) is 20.4 Å². The molecule has 1 aliphatic carbocycles. The normalized spacial score (nSPS) is 24.3. The van der Waals surface area contributed by atoms with Gasteiger partial charge in [-0.15, -0.1) is 0 Å². The van der Waals surface area contributed by atoms with Crippen LogP contribution in [-0.2, 0) is 10.3 Å². The minimum absolute atomic E-state index is 0.124. The van der Waals surface area contributed by atoms with E-state index >= 15 is 0 Å². The number of amides is 1. The van der Waals surface area contributed by atoms with Crippen molar-refractivity contribution in [3.05, 3.63) is 39.4 Å². The first-order valence-electron chi connectivity index (χ1n) is 9.38. The Balaban J connectivity index is 2.05. The Morgan fingerprint density at radius 1 is 1.38 bits per heavy atom. The SMILES string of the molecule is CC(C)(C)OC(=O)NC1=N[C@@]2(c3cc([N+](=O)[O-])cc(F)c3F)CCCC[C@H]2CS1. The second kappa shape index (κ2) is 7.89. The van der Waals surface area contributed by atoms with Crippen molar-refractivity contribution in [1.82, 2.24) is 5.32 Å². The lowest BCUT2D eigenvalue weighted by Crippen LogP contribution is -2.45. The highest BCUT2D eigenvalue weighted by molar-refractivity contribution is 8.13. The molecule has 0 spiro atoms. The highest BCUT2D eigenvalue weighted by Crippen LogP contribution is 2.50. The Hall–Kier alpha value is -2.23. The summed E-state index contributed by atoms with van der Waals surface area (Å²) >= 11 is 1.30. The van der Waals surface area contributed by atoms with Crippen LogP contribution in [-0.4, -0.2) is 27.5 Å². The maximum Gasteiger partial charge on any atom is 0.413 e. The van der Waals surface area contributed by atoms with Gasteiger partial charge in [-0.2, -0.15) is 0 Å². The fraction of sp³-hybridized carbons (Fsp3) is 0.579. The van der Waals surface area contributed by atoms with Gasteiger partial charge in [-0.1, -0.05) is 24.6 Å². The predicted molar refractivity (Wildman–Crippen MR) is 106 cm³/mol. The fourth-order valence-electron chi connectivity index (χ4n) is 3.85.